The van der Waals surface area contributed by atoms with Crippen molar-refractivity contribution in [1.82, 2.24) is 14.2 Å². The van der Waals surface area contributed by atoms with Gasteiger partial charge in [-0.3, -0.25) is 19.4 Å². The van der Waals surface area contributed by atoms with Crippen LogP contribution in [0.1, 0.15) is 38.5 Å². The molecule has 8 heteroatoms. The maximum absolute atomic E-state index is 13.3. The SMILES string of the molecule is O=C1[C@@H]2[C@H](C(=O)N1C[C@@H]1CCCC[C@H]1CN1CCN(c3nsc4ccccc34)CC1)[C@@H]1CC[C@H]2C1O. The smallest absolute Gasteiger partial charge is 0.233 e. The number of aliphatic hydroxyl groups is 1. The number of benzene rings is 1. The molecular weight excluding hydrogens is 472 g/mol. The minimum atomic E-state index is -0.446. The van der Waals surface area contributed by atoms with Crippen molar-refractivity contribution in [3.63, 3.8) is 0 Å². The highest BCUT2D eigenvalue weighted by atomic mass is 32.1. The first-order valence-corrected chi connectivity index (χ1v) is 14.7. The lowest BCUT2D eigenvalue weighted by atomic mass is 9.78. The number of imide groups is 1. The highest BCUT2D eigenvalue weighted by Gasteiger charge is 2.65. The van der Waals surface area contributed by atoms with E-state index in [1.54, 1.807) is 16.4 Å². The van der Waals surface area contributed by atoms with E-state index >= 15 is 0 Å². The van der Waals surface area contributed by atoms with Crippen LogP contribution in [0.4, 0.5) is 5.82 Å². The van der Waals surface area contributed by atoms with E-state index in [9.17, 15) is 14.7 Å². The van der Waals surface area contributed by atoms with E-state index in [4.69, 9.17) is 4.37 Å². The molecule has 2 aromatic rings. The fraction of sp³-hybridized carbons (Fsp3) is 0.679. The number of anilines is 1. The van der Waals surface area contributed by atoms with Crippen molar-refractivity contribution in [2.45, 2.75) is 44.6 Å². The monoisotopic (exact) mass is 508 g/mol. The van der Waals surface area contributed by atoms with Crippen LogP contribution >= 0.6 is 11.5 Å². The molecule has 192 valence electrons. The average Bonchev–Trinajstić information content (AvgIpc) is 3.63. The summed E-state index contributed by atoms with van der Waals surface area (Å²) in [7, 11) is 0. The van der Waals surface area contributed by atoms with E-state index in [-0.39, 0.29) is 35.5 Å². The zero-order valence-corrected chi connectivity index (χ0v) is 21.6. The van der Waals surface area contributed by atoms with Crippen molar-refractivity contribution < 1.29 is 14.7 Å². The number of piperazine rings is 1. The van der Waals surface area contributed by atoms with Gasteiger partial charge in [0.15, 0.2) is 0 Å². The van der Waals surface area contributed by atoms with Crippen LogP contribution in [0.25, 0.3) is 10.1 Å². The Morgan fingerprint density at radius 3 is 2.19 bits per heavy atom. The number of likely N-dealkylation sites (tertiary alicyclic amines) is 1. The van der Waals surface area contributed by atoms with Crippen LogP contribution in [0, 0.1) is 35.5 Å². The number of hydrogen-bond donors (Lipinski definition) is 1. The second-order valence-electron chi connectivity index (χ2n) is 11.8. The molecule has 1 N–H and O–H groups in total. The molecule has 3 saturated carbocycles. The lowest BCUT2D eigenvalue weighted by molar-refractivity contribution is -0.143. The van der Waals surface area contributed by atoms with Crippen molar-refractivity contribution in [3.05, 3.63) is 24.3 Å². The standard InChI is InChI=1S/C28H36N4O3S/c33-25-20-9-10-21(25)24-23(20)27(34)32(28(24)35)16-18-6-2-1-5-17(18)15-30-11-13-31(14-12-30)26-19-7-3-4-8-22(19)36-29-26/h3-4,7-8,17-18,20-21,23-25,33H,1-2,5-6,9-16H2/t17-,18-,20-,21+,23+,24-,25?/m0/s1. The zero-order valence-electron chi connectivity index (χ0n) is 20.8. The molecule has 3 aliphatic carbocycles. The van der Waals surface area contributed by atoms with Crippen LogP contribution in [0.15, 0.2) is 24.3 Å². The number of amides is 2. The molecule has 3 heterocycles. The fourth-order valence-corrected chi connectivity index (χ4v) is 9.05. The lowest BCUT2D eigenvalue weighted by Crippen LogP contribution is -2.50. The lowest BCUT2D eigenvalue weighted by Gasteiger charge is -2.40. The molecule has 2 aliphatic heterocycles. The predicted octanol–water partition coefficient (Wildman–Crippen LogP) is 3.23. The van der Waals surface area contributed by atoms with Gasteiger partial charge in [-0.1, -0.05) is 25.0 Å². The van der Waals surface area contributed by atoms with E-state index in [1.807, 2.05) is 0 Å². The summed E-state index contributed by atoms with van der Waals surface area (Å²) in [4.78, 5) is 33.3. The predicted molar refractivity (Wildman–Crippen MR) is 140 cm³/mol. The summed E-state index contributed by atoms with van der Waals surface area (Å²) in [6, 6.07) is 8.49. The van der Waals surface area contributed by atoms with E-state index in [0.29, 0.717) is 18.4 Å². The van der Waals surface area contributed by atoms with E-state index in [0.717, 1.165) is 57.8 Å². The largest absolute Gasteiger partial charge is 0.392 e. The second-order valence-corrected chi connectivity index (χ2v) is 12.6. The molecule has 36 heavy (non-hydrogen) atoms. The van der Waals surface area contributed by atoms with E-state index in [2.05, 4.69) is 34.1 Å². The Balaban J connectivity index is 0.988. The summed E-state index contributed by atoms with van der Waals surface area (Å²) >= 11 is 1.58. The minimum absolute atomic E-state index is 0.00901. The quantitative estimate of drug-likeness (QED) is 0.625. The highest BCUT2D eigenvalue weighted by molar-refractivity contribution is 7.13. The molecule has 7 atom stereocenters. The number of carbonyl (C=O) groups is 2. The van der Waals surface area contributed by atoms with Gasteiger partial charge in [-0.25, -0.2) is 0 Å². The third-order valence-electron chi connectivity index (χ3n) is 10.1. The molecule has 2 bridgehead atoms. The second kappa shape index (κ2) is 9.07. The third-order valence-corrected chi connectivity index (χ3v) is 10.9. The van der Waals surface area contributed by atoms with Gasteiger partial charge in [-0.2, -0.15) is 4.37 Å². The number of aromatic nitrogens is 1. The van der Waals surface area contributed by atoms with Crippen molar-refractivity contribution in [1.29, 1.82) is 0 Å². The highest BCUT2D eigenvalue weighted by Crippen LogP contribution is 2.56. The summed E-state index contributed by atoms with van der Waals surface area (Å²) in [6.07, 6.45) is 6.09. The first-order valence-electron chi connectivity index (χ1n) is 13.9. The fourth-order valence-electron chi connectivity index (χ4n) is 8.26. The normalized spacial score (nSPS) is 36.9. The summed E-state index contributed by atoms with van der Waals surface area (Å²) in [5.74, 6) is 1.62. The number of nitrogens with zero attached hydrogens (tertiary/aromatic N) is 4. The molecule has 0 spiro atoms. The van der Waals surface area contributed by atoms with Crippen LogP contribution in [0.3, 0.4) is 0 Å². The molecule has 5 aliphatic rings. The topological polar surface area (TPSA) is 77.0 Å². The molecular formula is C28H36N4O3S. The molecule has 1 aromatic heterocycles. The molecule has 1 unspecified atom stereocenters. The Hall–Kier alpha value is -2.03. The Morgan fingerprint density at radius 1 is 0.861 bits per heavy atom. The Labute approximate surface area is 216 Å². The number of aliphatic hydroxyl groups excluding tert-OH is 1. The van der Waals surface area contributed by atoms with Crippen molar-refractivity contribution in [2.24, 2.45) is 35.5 Å². The summed E-state index contributed by atoms with van der Waals surface area (Å²) in [5.41, 5.74) is 0. The van der Waals surface area contributed by atoms with Crippen LogP contribution < -0.4 is 4.90 Å². The van der Waals surface area contributed by atoms with Gasteiger partial charge in [-0.15, -0.1) is 0 Å². The molecule has 0 radical (unpaired) electrons. The third kappa shape index (κ3) is 3.63. The first-order chi connectivity index (χ1) is 17.6. The van der Waals surface area contributed by atoms with Gasteiger partial charge in [0.2, 0.25) is 11.8 Å². The summed E-state index contributed by atoms with van der Waals surface area (Å²) in [5, 5.41) is 11.8. The van der Waals surface area contributed by atoms with Gasteiger partial charge in [0.05, 0.1) is 22.6 Å². The van der Waals surface area contributed by atoms with Gasteiger partial charge in [0.25, 0.3) is 0 Å². The number of carbonyl (C=O) groups excluding carboxylic acids is 2. The number of rotatable bonds is 5. The van der Waals surface area contributed by atoms with Crippen molar-refractivity contribution in [2.75, 3.05) is 44.2 Å². The van der Waals surface area contributed by atoms with Crippen LogP contribution in [-0.4, -0.2) is 76.5 Å². The van der Waals surface area contributed by atoms with Crippen molar-refractivity contribution in [3.8, 4) is 0 Å². The molecule has 1 aromatic carbocycles. The summed E-state index contributed by atoms with van der Waals surface area (Å²) in [6.45, 7) is 5.69. The van der Waals surface area contributed by atoms with E-state index < -0.39 is 6.10 Å². The maximum Gasteiger partial charge on any atom is 0.233 e. The summed E-state index contributed by atoms with van der Waals surface area (Å²) < 4.78 is 6.00. The van der Waals surface area contributed by atoms with Gasteiger partial charge in [-0.05, 0) is 73.0 Å². The van der Waals surface area contributed by atoms with Crippen molar-refractivity contribution >= 4 is 39.3 Å². The molecule has 2 saturated heterocycles. The Morgan fingerprint density at radius 2 is 1.50 bits per heavy atom. The van der Waals surface area contributed by atoms with Gasteiger partial charge in [0.1, 0.15) is 5.82 Å². The van der Waals surface area contributed by atoms with Crippen LogP contribution in [-0.2, 0) is 9.59 Å². The average molecular weight is 509 g/mol. The number of hydrogen-bond acceptors (Lipinski definition) is 7. The van der Waals surface area contributed by atoms with Crippen LogP contribution in [0.2, 0.25) is 0 Å². The number of fused-ring (bicyclic) bond motifs is 6. The zero-order chi connectivity index (χ0) is 24.4. The van der Waals surface area contributed by atoms with Crippen LogP contribution in [0.5, 0.6) is 0 Å². The molecule has 7 rings (SSSR count). The Bertz CT molecular complexity index is 1130. The van der Waals surface area contributed by atoms with Gasteiger partial charge >= 0.3 is 0 Å². The Kier molecular flexibility index (Phi) is 5.82. The molecule has 7 nitrogen and oxygen atoms in total. The minimum Gasteiger partial charge on any atom is -0.392 e. The van der Waals surface area contributed by atoms with Gasteiger partial charge < -0.3 is 10.0 Å². The van der Waals surface area contributed by atoms with E-state index in [1.165, 1.54) is 29.3 Å². The maximum atomic E-state index is 13.3. The first kappa shape index (κ1) is 23.1. The molecule has 5 fully saturated rings. The molecule has 2 amide bonds. The van der Waals surface area contributed by atoms with Gasteiger partial charge in [0, 0.05) is 44.7 Å².